The number of rotatable bonds is 6. The Morgan fingerprint density at radius 2 is 2.12 bits per heavy atom. The van der Waals surface area contributed by atoms with Gasteiger partial charge in [-0.25, -0.2) is 4.39 Å². The lowest BCUT2D eigenvalue weighted by Crippen LogP contribution is -3.07. The van der Waals surface area contributed by atoms with Crippen molar-refractivity contribution in [1.82, 2.24) is 14.3 Å². The van der Waals surface area contributed by atoms with Gasteiger partial charge in [0.1, 0.15) is 12.4 Å². The molecule has 1 atom stereocenters. The zero-order chi connectivity index (χ0) is 18.0. The summed E-state index contributed by atoms with van der Waals surface area (Å²) < 4.78 is 18.5. The highest BCUT2D eigenvalue weighted by molar-refractivity contribution is 7.71. The lowest BCUT2D eigenvalue weighted by atomic mass is 10.2. The van der Waals surface area contributed by atoms with E-state index in [9.17, 15) is 4.39 Å². The summed E-state index contributed by atoms with van der Waals surface area (Å²) >= 11 is 13.3. The van der Waals surface area contributed by atoms with Crippen LogP contribution in [0.2, 0.25) is 5.02 Å². The largest absolute Gasteiger partial charge is 0.315 e. The van der Waals surface area contributed by atoms with Crippen LogP contribution in [0.15, 0.2) is 35.7 Å². The number of thiophene rings is 1. The minimum absolute atomic E-state index is 0.284. The molecule has 25 heavy (non-hydrogen) atoms. The molecule has 132 valence electrons. The minimum Gasteiger partial charge on any atom is -0.315 e. The van der Waals surface area contributed by atoms with Crippen molar-refractivity contribution in [3.8, 4) is 10.7 Å². The third-order valence-corrected chi connectivity index (χ3v) is 5.59. The summed E-state index contributed by atoms with van der Waals surface area (Å²) in [6.45, 7) is 3.80. The van der Waals surface area contributed by atoms with Gasteiger partial charge < -0.3 is 4.90 Å². The first kappa shape index (κ1) is 18.3. The van der Waals surface area contributed by atoms with E-state index in [-0.39, 0.29) is 5.82 Å². The van der Waals surface area contributed by atoms with Crippen LogP contribution in [0.1, 0.15) is 12.5 Å². The average Bonchev–Trinajstić information content (AvgIpc) is 3.20. The van der Waals surface area contributed by atoms with Gasteiger partial charge in [-0.3, -0.25) is 4.57 Å². The lowest BCUT2D eigenvalue weighted by molar-refractivity contribution is -0.917. The summed E-state index contributed by atoms with van der Waals surface area (Å²) in [7, 11) is 1.97. The van der Waals surface area contributed by atoms with Gasteiger partial charge in [-0.15, -0.1) is 16.4 Å². The van der Waals surface area contributed by atoms with Gasteiger partial charge in [0.15, 0.2) is 12.5 Å². The SMILES string of the molecule is CCn1c(-c2cccs2)nn(C[NH+](C)Cc2c(F)cccc2Cl)c1=S. The molecule has 1 unspecified atom stereocenters. The van der Waals surface area contributed by atoms with Crippen molar-refractivity contribution in [1.29, 1.82) is 0 Å². The molecule has 0 aliphatic heterocycles. The van der Waals surface area contributed by atoms with E-state index in [1.165, 1.54) is 6.07 Å². The Kier molecular flexibility index (Phi) is 5.68. The highest BCUT2D eigenvalue weighted by Crippen LogP contribution is 2.23. The van der Waals surface area contributed by atoms with Crippen LogP contribution in [-0.2, 0) is 19.8 Å². The molecule has 0 aliphatic rings. The lowest BCUT2D eigenvalue weighted by Gasteiger charge is -2.15. The molecule has 0 saturated carbocycles. The van der Waals surface area contributed by atoms with Gasteiger partial charge in [-0.2, -0.15) is 4.68 Å². The van der Waals surface area contributed by atoms with Crippen molar-refractivity contribution in [3.05, 3.63) is 56.9 Å². The zero-order valence-electron chi connectivity index (χ0n) is 14.0. The Labute approximate surface area is 160 Å². The van der Waals surface area contributed by atoms with Crippen molar-refractivity contribution in [3.63, 3.8) is 0 Å². The van der Waals surface area contributed by atoms with Gasteiger partial charge in [-0.1, -0.05) is 23.7 Å². The number of nitrogens with one attached hydrogen (secondary N) is 1. The first-order valence-electron chi connectivity index (χ1n) is 7.97. The summed E-state index contributed by atoms with van der Waals surface area (Å²) in [5.74, 6) is 0.591. The molecule has 3 rings (SSSR count). The van der Waals surface area contributed by atoms with E-state index in [2.05, 4.69) is 12.0 Å². The van der Waals surface area contributed by atoms with Crippen molar-refractivity contribution in [2.45, 2.75) is 26.7 Å². The van der Waals surface area contributed by atoms with Crippen molar-refractivity contribution in [2.75, 3.05) is 7.05 Å². The number of hydrogen-bond acceptors (Lipinski definition) is 3. The summed E-state index contributed by atoms with van der Waals surface area (Å²) in [6, 6.07) is 8.79. The molecule has 2 heterocycles. The molecule has 3 aromatic rings. The Hall–Kier alpha value is -1.54. The maximum atomic E-state index is 14.0. The molecule has 0 saturated heterocycles. The van der Waals surface area contributed by atoms with Crippen LogP contribution in [0.25, 0.3) is 10.7 Å². The normalized spacial score (nSPS) is 12.5. The monoisotopic (exact) mass is 397 g/mol. The molecular formula is C17H19ClFN4S2+. The molecule has 0 spiro atoms. The van der Waals surface area contributed by atoms with Crippen molar-refractivity contribution < 1.29 is 9.29 Å². The summed E-state index contributed by atoms with van der Waals surface area (Å²) in [5, 5.41) is 7.16. The first-order chi connectivity index (χ1) is 12.0. The first-order valence-corrected chi connectivity index (χ1v) is 9.63. The second kappa shape index (κ2) is 7.78. The van der Waals surface area contributed by atoms with Crippen LogP contribution in [-0.4, -0.2) is 21.4 Å². The van der Waals surface area contributed by atoms with Crippen LogP contribution in [0.3, 0.4) is 0 Å². The molecule has 4 nitrogen and oxygen atoms in total. The van der Waals surface area contributed by atoms with Crippen LogP contribution in [0.4, 0.5) is 4.39 Å². The van der Waals surface area contributed by atoms with Gasteiger partial charge in [0, 0.05) is 6.54 Å². The fraction of sp³-hybridized carbons (Fsp3) is 0.294. The quantitative estimate of drug-likeness (QED) is 0.643. The second-order valence-corrected chi connectivity index (χ2v) is 7.54. The fourth-order valence-corrected chi connectivity index (χ4v) is 4.00. The van der Waals surface area contributed by atoms with E-state index in [1.807, 2.05) is 29.1 Å². The topological polar surface area (TPSA) is 27.2 Å². The van der Waals surface area contributed by atoms with E-state index in [0.717, 1.165) is 22.1 Å². The molecule has 0 bridgehead atoms. The summed E-state index contributed by atoms with van der Waals surface area (Å²) in [5.41, 5.74) is 0.515. The maximum Gasteiger partial charge on any atom is 0.203 e. The number of aromatic nitrogens is 3. The van der Waals surface area contributed by atoms with E-state index in [1.54, 1.807) is 28.2 Å². The predicted octanol–water partition coefficient (Wildman–Crippen LogP) is 3.63. The van der Waals surface area contributed by atoms with Crippen molar-refractivity contribution >= 4 is 35.2 Å². The smallest absolute Gasteiger partial charge is 0.203 e. The summed E-state index contributed by atoms with van der Waals surface area (Å²) in [4.78, 5) is 2.13. The average molecular weight is 398 g/mol. The summed E-state index contributed by atoms with van der Waals surface area (Å²) in [6.07, 6.45) is 0. The number of benzene rings is 1. The molecular weight excluding hydrogens is 379 g/mol. The molecule has 1 aromatic carbocycles. The predicted molar refractivity (Wildman–Crippen MR) is 102 cm³/mol. The second-order valence-electron chi connectivity index (χ2n) is 5.82. The van der Waals surface area contributed by atoms with Gasteiger partial charge in [0.05, 0.1) is 22.5 Å². The number of nitrogens with zero attached hydrogens (tertiary/aromatic N) is 3. The maximum absolute atomic E-state index is 14.0. The van der Waals surface area contributed by atoms with E-state index in [0.29, 0.717) is 28.6 Å². The Morgan fingerprint density at radius 3 is 2.76 bits per heavy atom. The molecule has 0 radical (unpaired) electrons. The molecule has 0 aliphatic carbocycles. The number of halogens is 2. The van der Waals surface area contributed by atoms with Crippen LogP contribution < -0.4 is 4.90 Å². The highest BCUT2D eigenvalue weighted by Gasteiger charge is 2.17. The van der Waals surface area contributed by atoms with Gasteiger partial charge >= 0.3 is 0 Å². The molecule has 0 amide bonds. The van der Waals surface area contributed by atoms with Crippen LogP contribution in [0.5, 0.6) is 0 Å². The van der Waals surface area contributed by atoms with Gasteiger partial charge in [0.25, 0.3) is 0 Å². The van der Waals surface area contributed by atoms with E-state index in [4.69, 9.17) is 23.8 Å². The third kappa shape index (κ3) is 3.84. The Morgan fingerprint density at radius 1 is 1.32 bits per heavy atom. The standard InChI is InChI=1S/C17H18ClFN4S2/c1-3-22-16(15-8-5-9-25-15)20-23(17(22)24)11-21(2)10-12-13(18)6-4-7-14(12)19/h4-9H,3,10-11H2,1-2H3/p+1. The van der Waals surface area contributed by atoms with Gasteiger partial charge in [-0.05, 0) is 42.7 Å². The molecule has 0 fully saturated rings. The van der Waals surface area contributed by atoms with E-state index >= 15 is 0 Å². The van der Waals surface area contributed by atoms with Crippen molar-refractivity contribution in [2.24, 2.45) is 0 Å². The fourth-order valence-electron chi connectivity index (χ4n) is 2.73. The highest BCUT2D eigenvalue weighted by atomic mass is 35.5. The van der Waals surface area contributed by atoms with Crippen LogP contribution in [0, 0.1) is 10.6 Å². The van der Waals surface area contributed by atoms with Crippen LogP contribution >= 0.6 is 35.2 Å². The van der Waals surface area contributed by atoms with Gasteiger partial charge in [0.2, 0.25) is 4.77 Å². The van der Waals surface area contributed by atoms with E-state index < -0.39 is 0 Å². The zero-order valence-corrected chi connectivity index (χ0v) is 16.4. The Bertz CT molecular complexity index is 897. The molecule has 2 aromatic heterocycles. The number of quaternary nitrogens is 1. The molecule has 1 N–H and O–H groups in total. The Balaban J connectivity index is 1.84. The third-order valence-electron chi connectivity index (χ3n) is 3.94. The minimum atomic E-state index is -0.284. The number of hydrogen-bond donors (Lipinski definition) is 1. The molecule has 8 heteroatoms.